The Kier molecular flexibility index (Phi) is 5.00. The van der Waals surface area contributed by atoms with Crippen LogP contribution in [0.15, 0.2) is 12.1 Å². The Balaban J connectivity index is 2.46. The van der Waals surface area contributed by atoms with Crippen LogP contribution in [0.4, 0.5) is 11.4 Å². The lowest BCUT2D eigenvalue weighted by molar-refractivity contribution is 0.580. The fourth-order valence-corrected chi connectivity index (χ4v) is 5.46. The maximum Gasteiger partial charge on any atom is 0.171 e. The Hall–Kier alpha value is -0.300. The van der Waals surface area contributed by atoms with Crippen LogP contribution in [-0.4, -0.2) is 37.6 Å². The number of nitrogen functional groups attached to an aromatic ring is 1. The van der Waals surface area contributed by atoms with Crippen molar-refractivity contribution in [1.82, 2.24) is 0 Å². The molecule has 2 N–H and O–H groups in total. The molecular weight excluding hydrogens is 339 g/mol. The van der Waals surface area contributed by atoms with Crippen LogP contribution < -0.4 is 10.6 Å². The molecule has 0 radical (unpaired) electrons. The van der Waals surface area contributed by atoms with E-state index in [1.54, 1.807) is 30.8 Å². The number of rotatable bonds is 3. The summed E-state index contributed by atoms with van der Waals surface area (Å²) in [7, 11) is -3.18. The fourth-order valence-electron chi connectivity index (χ4n) is 2.15. The van der Waals surface area contributed by atoms with Crippen molar-refractivity contribution in [3.63, 3.8) is 0 Å². The topological polar surface area (TPSA) is 63.4 Å². The highest BCUT2D eigenvalue weighted by Crippen LogP contribution is 2.36. The molecule has 1 atom stereocenters. The van der Waals surface area contributed by atoms with Crippen molar-refractivity contribution in [2.45, 2.75) is 12.3 Å². The van der Waals surface area contributed by atoms with Gasteiger partial charge >= 0.3 is 0 Å². The van der Waals surface area contributed by atoms with Crippen LogP contribution in [0.2, 0.25) is 10.0 Å². The zero-order valence-electron chi connectivity index (χ0n) is 11.0. The van der Waals surface area contributed by atoms with Crippen molar-refractivity contribution in [3.05, 3.63) is 22.2 Å². The van der Waals surface area contributed by atoms with Gasteiger partial charge < -0.3 is 10.6 Å². The van der Waals surface area contributed by atoms with Crippen LogP contribution in [0.1, 0.15) is 6.92 Å². The van der Waals surface area contributed by atoms with E-state index in [2.05, 4.69) is 0 Å². The molecule has 0 bridgehead atoms. The van der Waals surface area contributed by atoms with Gasteiger partial charge in [0.2, 0.25) is 0 Å². The molecule has 1 aliphatic heterocycles. The number of halogens is 2. The summed E-state index contributed by atoms with van der Waals surface area (Å²) in [6.45, 7) is 2.28. The highest BCUT2D eigenvalue weighted by Gasteiger charge is 2.34. The third kappa shape index (κ3) is 3.13. The Morgan fingerprint density at radius 3 is 2.70 bits per heavy atom. The van der Waals surface area contributed by atoms with Gasteiger partial charge in [-0.3, -0.25) is 0 Å². The second-order valence-electron chi connectivity index (χ2n) is 4.50. The zero-order valence-corrected chi connectivity index (χ0v) is 14.1. The van der Waals surface area contributed by atoms with E-state index in [1.807, 2.05) is 4.90 Å². The van der Waals surface area contributed by atoms with E-state index in [4.69, 9.17) is 28.9 Å². The highest BCUT2D eigenvalue weighted by atomic mass is 35.5. The Labute approximate surface area is 133 Å². The fraction of sp³-hybridized carbons (Fsp3) is 0.500. The second kappa shape index (κ2) is 6.22. The van der Waals surface area contributed by atoms with Crippen LogP contribution in [0.25, 0.3) is 0 Å². The molecule has 1 saturated heterocycles. The van der Waals surface area contributed by atoms with Gasteiger partial charge in [-0.1, -0.05) is 30.1 Å². The van der Waals surface area contributed by atoms with E-state index in [-0.39, 0.29) is 5.75 Å². The summed E-state index contributed by atoms with van der Waals surface area (Å²) in [6.07, 6.45) is 0. The molecule has 0 aliphatic carbocycles. The van der Waals surface area contributed by atoms with Crippen LogP contribution in [-0.2, 0) is 9.84 Å². The van der Waals surface area contributed by atoms with E-state index < -0.39 is 15.2 Å². The smallest absolute Gasteiger partial charge is 0.171 e. The minimum atomic E-state index is -3.18. The second-order valence-corrected chi connectivity index (χ2v) is 8.91. The standard InChI is InChI=1S/C12H16Cl2N2O2S2/c1-2-20(17,18)12-7-19-4-3-16(12)11-6-9(14)8(13)5-10(11)15/h5-6,12H,2-4,7,15H2,1H3. The van der Waals surface area contributed by atoms with Crippen LogP contribution >= 0.6 is 35.0 Å². The minimum absolute atomic E-state index is 0.107. The molecule has 0 spiro atoms. The predicted octanol–water partition coefficient (Wildman–Crippen LogP) is 2.89. The third-order valence-electron chi connectivity index (χ3n) is 3.28. The molecule has 1 aromatic carbocycles. The molecule has 1 aliphatic rings. The van der Waals surface area contributed by atoms with E-state index in [9.17, 15) is 8.42 Å². The van der Waals surface area contributed by atoms with Gasteiger partial charge in [-0.05, 0) is 12.1 Å². The van der Waals surface area contributed by atoms with Crippen LogP contribution in [0.3, 0.4) is 0 Å². The summed E-state index contributed by atoms with van der Waals surface area (Å²) in [4.78, 5) is 1.83. The van der Waals surface area contributed by atoms with Gasteiger partial charge in [0.1, 0.15) is 5.37 Å². The van der Waals surface area contributed by atoms with Crippen molar-refractivity contribution < 1.29 is 8.42 Å². The molecule has 0 aromatic heterocycles. The monoisotopic (exact) mass is 354 g/mol. The van der Waals surface area contributed by atoms with Gasteiger partial charge in [-0.2, -0.15) is 11.8 Å². The zero-order chi connectivity index (χ0) is 14.9. The highest BCUT2D eigenvalue weighted by molar-refractivity contribution is 8.01. The number of thioether (sulfide) groups is 1. The van der Waals surface area contributed by atoms with Crippen molar-refractivity contribution in [2.24, 2.45) is 0 Å². The molecule has 2 rings (SSSR count). The summed E-state index contributed by atoms with van der Waals surface area (Å²) >= 11 is 13.6. The lowest BCUT2D eigenvalue weighted by atomic mass is 10.2. The largest absolute Gasteiger partial charge is 0.397 e. The SMILES string of the molecule is CCS(=O)(=O)C1CSCCN1c1cc(Cl)c(Cl)cc1N. The Bertz CT molecular complexity index is 608. The molecule has 1 unspecified atom stereocenters. The Morgan fingerprint density at radius 2 is 2.05 bits per heavy atom. The number of sulfone groups is 1. The first-order valence-electron chi connectivity index (χ1n) is 6.17. The van der Waals surface area contributed by atoms with Crippen LogP contribution in [0.5, 0.6) is 0 Å². The quantitative estimate of drug-likeness (QED) is 0.845. The predicted molar refractivity (Wildman–Crippen MR) is 88.8 cm³/mol. The number of hydrogen-bond donors (Lipinski definition) is 1. The molecule has 1 fully saturated rings. The molecule has 112 valence electrons. The van der Waals surface area contributed by atoms with Crippen molar-refractivity contribution in [2.75, 3.05) is 34.4 Å². The lowest BCUT2D eigenvalue weighted by Crippen LogP contribution is -2.48. The van der Waals surface area contributed by atoms with E-state index in [0.717, 1.165) is 5.75 Å². The van der Waals surface area contributed by atoms with E-state index >= 15 is 0 Å². The maximum absolute atomic E-state index is 12.2. The number of nitrogens with two attached hydrogens (primary N) is 1. The third-order valence-corrected chi connectivity index (χ3v) is 7.29. The summed E-state index contributed by atoms with van der Waals surface area (Å²) in [5, 5.41) is 0.182. The molecular formula is C12H16Cl2N2O2S2. The average molecular weight is 355 g/mol. The van der Waals surface area contributed by atoms with Crippen molar-refractivity contribution in [3.8, 4) is 0 Å². The summed E-state index contributed by atoms with van der Waals surface area (Å²) in [6, 6.07) is 3.21. The van der Waals surface area contributed by atoms with Gasteiger partial charge in [0, 0.05) is 23.8 Å². The molecule has 0 amide bonds. The number of anilines is 2. The minimum Gasteiger partial charge on any atom is -0.397 e. The first kappa shape index (κ1) is 16.1. The molecule has 1 heterocycles. The van der Waals surface area contributed by atoms with E-state index in [1.165, 1.54) is 0 Å². The van der Waals surface area contributed by atoms with Gasteiger partial charge in [0.05, 0.1) is 21.4 Å². The van der Waals surface area contributed by atoms with Gasteiger partial charge in [-0.25, -0.2) is 8.42 Å². The van der Waals surface area contributed by atoms with E-state index in [0.29, 0.717) is 33.7 Å². The van der Waals surface area contributed by atoms with Crippen molar-refractivity contribution >= 4 is 56.2 Å². The van der Waals surface area contributed by atoms with Gasteiger partial charge in [-0.15, -0.1) is 0 Å². The Morgan fingerprint density at radius 1 is 1.40 bits per heavy atom. The number of benzene rings is 1. The molecule has 20 heavy (non-hydrogen) atoms. The maximum atomic E-state index is 12.2. The van der Waals surface area contributed by atoms with Gasteiger partial charge in [0.25, 0.3) is 0 Å². The first-order valence-corrected chi connectivity index (χ1v) is 9.80. The molecule has 1 aromatic rings. The summed E-state index contributed by atoms with van der Waals surface area (Å²) in [5.41, 5.74) is 7.07. The molecule has 4 nitrogen and oxygen atoms in total. The van der Waals surface area contributed by atoms with Gasteiger partial charge in [0.15, 0.2) is 9.84 Å². The summed E-state index contributed by atoms with van der Waals surface area (Å²) < 4.78 is 24.5. The normalized spacial score (nSPS) is 20.1. The first-order chi connectivity index (χ1) is 9.36. The summed E-state index contributed by atoms with van der Waals surface area (Å²) in [5.74, 6) is 1.50. The lowest BCUT2D eigenvalue weighted by Gasteiger charge is -2.37. The number of hydrogen-bond acceptors (Lipinski definition) is 5. The van der Waals surface area contributed by atoms with Crippen molar-refractivity contribution in [1.29, 1.82) is 0 Å². The number of nitrogens with zero attached hydrogens (tertiary/aromatic N) is 1. The molecule has 8 heteroatoms. The van der Waals surface area contributed by atoms with Crippen LogP contribution in [0, 0.1) is 0 Å². The average Bonchev–Trinajstić information content (AvgIpc) is 2.43. The molecule has 0 saturated carbocycles.